The Morgan fingerprint density at radius 2 is 1.92 bits per heavy atom. The van der Waals surface area contributed by atoms with Crippen LogP contribution >= 0.6 is 11.6 Å². The zero-order valence-corrected chi connectivity index (χ0v) is 14.2. The lowest BCUT2D eigenvalue weighted by Crippen LogP contribution is -2.10. The molecule has 2 heterocycles. The molecule has 1 saturated carbocycles. The van der Waals surface area contributed by atoms with Crippen molar-refractivity contribution in [1.82, 2.24) is 19.5 Å². The van der Waals surface area contributed by atoms with Crippen molar-refractivity contribution in [3.05, 3.63) is 41.4 Å². The second-order valence-corrected chi connectivity index (χ2v) is 6.51. The number of carbonyl (C=O) groups excluding carboxylic acids is 1. The number of primary amides is 1. The number of amides is 1. The number of fused-ring (bicyclic) bond motifs is 1. The second kappa shape index (κ2) is 6.33. The topological polar surface area (TPSA) is 98.7 Å². The number of imidazole rings is 1. The summed E-state index contributed by atoms with van der Waals surface area (Å²) in [6.07, 6.45) is 6.52. The molecular weight excluding hydrogens is 340 g/mol. The van der Waals surface area contributed by atoms with E-state index in [-0.39, 0.29) is 5.28 Å². The lowest BCUT2D eigenvalue weighted by atomic mass is 10.2. The average molecular weight is 357 g/mol. The highest BCUT2D eigenvalue weighted by Crippen LogP contribution is 2.33. The molecule has 0 bridgehead atoms. The third-order valence-electron chi connectivity index (χ3n) is 4.54. The molecule has 0 saturated heterocycles. The first-order valence-corrected chi connectivity index (χ1v) is 8.56. The summed E-state index contributed by atoms with van der Waals surface area (Å²) in [5.74, 6) is 0.0768. The third kappa shape index (κ3) is 3.02. The number of carbonyl (C=O) groups is 1. The molecule has 1 fully saturated rings. The van der Waals surface area contributed by atoms with Crippen molar-refractivity contribution >= 4 is 40.2 Å². The Labute approximate surface area is 149 Å². The van der Waals surface area contributed by atoms with Crippen molar-refractivity contribution in [1.29, 1.82) is 0 Å². The fourth-order valence-corrected chi connectivity index (χ4v) is 3.45. The number of nitrogens with zero attached hydrogens (tertiary/aromatic N) is 4. The molecule has 7 nitrogen and oxygen atoms in total. The van der Waals surface area contributed by atoms with Gasteiger partial charge in [0, 0.05) is 17.3 Å². The molecule has 1 amide bonds. The molecule has 8 heteroatoms. The highest BCUT2D eigenvalue weighted by molar-refractivity contribution is 6.28. The van der Waals surface area contributed by atoms with Crippen LogP contribution in [-0.2, 0) is 0 Å². The van der Waals surface area contributed by atoms with Crippen molar-refractivity contribution < 1.29 is 4.79 Å². The summed E-state index contributed by atoms with van der Waals surface area (Å²) >= 11 is 6.13. The number of nitrogens with one attached hydrogen (secondary N) is 1. The van der Waals surface area contributed by atoms with E-state index in [0.29, 0.717) is 22.9 Å². The van der Waals surface area contributed by atoms with Gasteiger partial charge >= 0.3 is 0 Å². The number of hydrogen-bond donors (Lipinski definition) is 2. The first-order chi connectivity index (χ1) is 12.1. The third-order valence-corrected chi connectivity index (χ3v) is 4.71. The van der Waals surface area contributed by atoms with Crippen LogP contribution in [0.2, 0.25) is 5.28 Å². The normalized spacial score (nSPS) is 14.9. The molecule has 2 aromatic heterocycles. The van der Waals surface area contributed by atoms with Crippen molar-refractivity contribution in [3.8, 4) is 0 Å². The van der Waals surface area contributed by atoms with Gasteiger partial charge in [0.2, 0.25) is 11.2 Å². The van der Waals surface area contributed by atoms with E-state index in [1.807, 2.05) is 6.33 Å². The zero-order chi connectivity index (χ0) is 17.4. The molecule has 1 aliphatic carbocycles. The van der Waals surface area contributed by atoms with Gasteiger partial charge in [0.1, 0.15) is 0 Å². The monoisotopic (exact) mass is 356 g/mol. The number of aromatic nitrogens is 4. The van der Waals surface area contributed by atoms with E-state index in [1.165, 1.54) is 12.8 Å². The lowest BCUT2D eigenvalue weighted by molar-refractivity contribution is 0.100. The predicted molar refractivity (Wildman–Crippen MR) is 96.1 cm³/mol. The second-order valence-electron chi connectivity index (χ2n) is 6.17. The Kier molecular flexibility index (Phi) is 4.01. The molecule has 0 aliphatic heterocycles. The Hall–Kier alpha value is -2.67. The molecule has 0 unspecified atom stereocenters. The van der Waals surface area contributed by atoms with E-state index >= 15 is 0 Å². The van der Waals surface area contributed by atoms with Gasteiger partial charge < -0.3 is 15.6 Å². The summed E-state index contributed by atoms with van der Waals surface area (Å²) in [6.45, 7) is 0. The SMILES string of the molecule is NC(=O)c1ccc(Nc2nc(Cl)nc3c2ncn3C2CCCC2)cc1. The molecule has 0 atom stereocenters. The van der Waals surface area contributed by atoms with Crippen molar-refractivity contribution in [2.24, 2.45) is 5.73 Å². The van der Waals surface area contributed by atoms with Crippen molar-refractivity contribution in [2.75, 3.05) is 5.32 Å². The maximum atomic E-state index is 11.2. The smallest absolute Gasteiger partial charge is 0.248 e. The molecule has 0 radical (unpaired) electrons. The number of anilines is 2. The van der Waals surface area contributed by atoms with Gasteiger partial charge in [0.05, 0.1) is 6.33 Å². The van der Waals surface area contributed by atoms with Gasteiger partial charge in [0.15, 0.2) is 17.0 Å². The van der Waals surface area contributed by atoms with E-state index in [4.69, 9.17) is 17.3 Å². The first kappa shape index (κ1) is 15.8. The van der Waals surface area contributed by atoms with Gasteiger partial charge in [-0.05, 0) is 48.7 Å². The minimum Gasteiger partial charge on any atom is -0.366 e. The Bertz CT molecular complexity index is 930. The summed E-state index contributed by atoms with van der Waals surface area (Å²) in [5, 5.41) is 3.36. The molecule has 3 aromatic rings. The van der Waals surface area contributed by atoms with Crippen LogP contribution in [0.25, 0.3) is 11.2 Å². The van der Waals surface area contributed by atoms with Gasteiger partial charge in [0.25, 0.3) is 0 Å². The summed E-state index contributed by atoms with van der Waals surface area (Å²) in [7, 11) is 0. The number of hydrogen-bond acceptors (Lipinski definition) is 5. The summed E-state index contributed by atoms with van der Waals surface area (Å²) < 4.78 is 2.09. The van der Waals surface area contributed by atoms with E-state index in [1.54, 1.807) is 24.3 Å². The fraction of sp³-hybridized carbons (Fsp3) is 0.294. The zero-order valence-electron chi connectivity index (χ0n) is 13.4. The molecule has 0 spiro atoms. The number of rotatable bonds is 4. The van der Waals surface area contributed by atoms with Gasteiger partial charge in [-0.3, -0.25) is 4.79 Å². The molecular formula is C17H17ClN6O. The van der Waals surface area contributed by atoms with E-state index in [0.717, 1.165) is 24.2 Å². The molecule has 1 aliphatic rings. The minimum atomic E-state index is -0.464. The van der Waals surface area contributed by atoms with Crippen molar-refractivity contribution in [2.45, 2.75) is 31.7 Å². The minimum absolute atomic E-state index is 0.170. The van der Waals surface area contributed by atoms with E-state index in [9.17, 15) is 4.79 Å². The summed E-state index contributed by atoms with van der Waals surface area (Å²) in [6, 6.07) is 7.24. The van der Waals surface area contributed by atoms with Gasteiger partial charge in [-0.25, -0.2) is 4.98 Å². The van der Waals surface area contributed by atoms with Crippen molar-refractivity contribution in [3.63, 3.8) is 0 Å². The molecule has 128 valence electrons. The van der Waals surface area contributed by atoms with Crippen LogP contribution in [0.3, 0.4) is 0 Å². The van der Waals surface area contributed by atoms with Crippen LogP contribution in [0.5, 0.6) is 0 Å². The largest absolute Gasteiger partial charge is 0.366 e. The molecule has 25 heavy (non-hydrogen) atoms. The predicted octanol–water partition coefficient (Wildman–Crippen LogP) is 3.44. The van der Waals surface area contributed by atoms with Crippen LogP contribution < -0.4 is 11.1 Å². The summed E-state index contributed by atoms with van der Waals surface area (Å²) in [5.41, 5.74) is 7.89. The lowest BCUT2D eigenvalue weighted by Gasteiger charge is -2.12. The van der Waals surface area contributed by atoms with Gasteiger partial charge in [-0.2, -0.15) is 9.97 Å². The quantitative estimate of drug-likeness (QED) is 0.697. The molecule has 1 aromatic carbocycles. The van der Waals surface area contributed by atoms with Crippen LogP contribution in [0, 0.1) is 0 Å². The Balaban J connectivity index is 1.70. The van der Waals surface area contributed by atoms with Crippen LogP contribution in [0.15, 0.2) is 30.6 Å². The first-order valence-electron chi connectivity index (χ1n) is 8.19. The maximum absolute atomic E-state index is 11.2. The van der Waals surface area contributed by atoms with Crippen LogP contribution in [0.1, 0.15) is 42.1 Å². The van der Waals surface area contributed by atoms with Gasteiger partial charge in [-0.15, -0.1) is 0 Å². The maximum Gasteiger partial charge on any atom is 0.248 e. The number of halogens is 1. The average Bonchev–Trinajstić information content (AvgIpc) is 3.24. The summed E-state index contributed by atoms with van der Waals surface area (Å²) in [4.78, 5) is 24.3. The van der Waals surface area contributed by atoms with E-state index < -0.39 is 5.91 Å². The van der Waals surface area contributed by atoms with Gasteiger partial charge in [-0.1, -0.05) is 12.8 Å². The fourth-order valence-electron chi connectivity index (χ4n) is 3.28. The molecule has 4 rings (SSSR count). The highest BCUT2D eigenvalue weighted by Gasteiger charge is 2.21. The number of benzene rings is 1. The Morgan fingerprint density at radius 3 is 2.60 bits per heavy atom. The van der Waals surface area contributed by atoms with Crippen LogP contribution in [-0.4, -0.2) is 25.4 Å². The Morgan fingerprint density at radius 1 is 1.20 bits per heavy atom. The number of nitrogens with two attached hydrogens (primary N) is 1. The standard InChI is InChI=1S/C17H17ClN6O/c18-17-22-15(21-11-7-5-10(6-8-11)14(19)25)13-16(23-17)24(9-20-13)12-3-1-2-4-12/h5-9,12H,1-4H2,(H2,19,25)(H,21,22,23). The van der Waals surface area contributed by atoms with E-state index in [2.05, 4.69) is 24.8 Å². The molecule has 3 N–H and O–H groups in total. The highest BCUT2D eigenvalue weighted by atomic mass is 35.5. The van der Waals surface area contributed by atoms with Crippen LogP contribution in [0.4, 0.5) is 11.5 Å².